The maximum atomic E-state index is 13.3. The van der Waals surface area contributed by atoms with E-state index >= 15 is 0 Å². The van der Waals surface area contributed by atoms with Gasteiger partial charge in [0.2, 0.25) is 0 Å². The van der Waals surface area contributed by atoms with Crippen LogP contribution in [0.2, 0.25) is 0 Å². The maximum absolute atomic E-state index is 13.3. The van der Waals surface area contributed by atoms with E-state index < -0.39 is 6.43 Å². The number of hydrogen-bond donors (Lipinski definition) is 0. The van der Waals surface area contributed by atoms with E-state index in [2.05, 4.69) is 26.0 Å². The summed E-state index contributed by atoms with van der Waals surface area (Å²) in [5.41, 5.74) is 1.38. The van der Waals surface area contributed by atoms with E-state index in [4.69, 9.17) is 4.42 Å². The first-order chi connectivity index (χ1) is 13.7. The van der Waals surface area contributed by atoms with Crippen LogP contribution in [0.25, 0.3) is 16.7 Å². The molecule has 4 aromatic rings. The lowest BCUT2D eigenvalue weighted by Crippen LogP contribution is -2.34. The number of furan rings is 1. The summed E-state index contributed by atoms with van der Waals surface area (Å²) in [5, 5.41) is 5.28. The van der Waals surface area contributed by atoms with Crippen LogP contribution in [0.5, 0.6) is 0 Å². The van der Waals surface area contributed by atoms with Crippen molar-refractivity contribution >= 4 is 16.7 Å². The number of piperidine rings is 1. The topological polar surface area (TPSA) is 59.5 Å². The SMILES string of the molecule is FC(F)c1cc(C2CCCN(Cc3cc4ccccc4o3)C2)n2ncnc2n1. The molecule has 4 heterocycles. The molecule has 1 saturated heterocycles. The molecule has 0 N–H and O–H groups in total. The molecule has 0 aliphatic carbocycles. The molecule has 1 atom stereocenters. The fourth-order valence-corrected chi connectivity index (χ4v) is 4.03. The van der Waals surface area contributed by atoms with Gasteiger partial charge in [-0.3, -0.25) is 4.90 Å². The zero-order valence-corrected chi connectivity index (χ0v) is 15.1. The molecule has 1 unspecified atom stereocenters. The van der Waals surface area contributed by atoms with Gasteiger partial charge in [0.1, 0.15) is 23.4 Å². The minimum absolute atomic E-state index is 0.0860. The number of hydrogen-bond acceptors (Lipinski definition) is 5. The van der Waals surface area contributed by atoms with Crippen molar-refractivity contribution in [3.05, 3.63) is 59.9 Å². The van der Waals surface area contributed by atoms with Crippen molar-refractivity contribution in [2.75, 3.05) is 13.1 Å². The Balaban J connectivity index is 1.41. The number of aromatic nitrogens is 4. The van der Waals surface area contributed by atoms with Crippen LogP contribution >= 0.6 is 0 Å². The molecule has 1 fully saturated rings. The first-order valence-corrected chi connectivity index (χ1v) is 9.36. The van der Waals surface area contributed by atoms with E-state index in [1.807, 2.05) is 24.3 Å². The van der Waals surface area contributed by atoms with E-state index in [1.165, 1.54) is 12.4 Å². The van der Waals surface area contributed by atoms with Crippen LogP contribution in [-0.2, 0) is 6.54 Å². The average molecular weight is 383 g/mol. The van der Waals surface area contributed by atoms with Gasteiger partial charge in [0.25, 0.3) is 12.2 Å². The lowest BCUT2D eigenvalue weighted by molar-refractivity contribution is 0.145. The summed E-state index contributed by atoms with van der Waals surface area (Å²) in [7, 11) is 0. The van der Waals surface area contributed by atoms with Crippen LogP contribution in [-0.4, -0.2) is 37.6 Å². The fourth-order valence-electron chi connectivity index (χ4n) is 4.03. The van der Waals surface area contributed by atoms with Crippen LogP contribution in [0.4, 0.5) is 8.78 Å². The third-order valence-electron chi connectivity index (χ3n) is 5.30. The van der Waals surface area contributed by atoms with Crippen LogP contribution in [0, 0.1) is 0 Å². The Morgan fingerprint density at radius 3 is 2.96 bits per heavy atom. The number of nitrogens with zero attached hydrogens (tertiary/aromatic N) is 5. The van der Waals surface area contributed by atoms with Gasteiger partial charge in [-0.2, -0.15) is 10.1 Å². The van der Waals surface area contributed by atoms with Gasteiger partial charge in [0, 0.05) is 17.8 Å². The first-order valence-electron chi connectivity index (χ1n) is 9.36. The summed E-state index contributed by atoms with van der Waals surface area (Å²) in [6.45, 7) is 2.39. The van der Waals surface area contributed by atoms with Gasteiger partial charge in [-0.1, -0.05) is 18.2 Å². The van der Waals surface area contributed by atoms with Crippen LogP contribution in [0.1, 0.15) is 42.3 Å². The van der Waals surface area contributed by atoms with Gasteiger partial charge >= 0.3 is 0 Å². The van der Waals surface area contributed by atoms with Crippen molar-refractivity contribution in [1.29, 1.82) is 0 Å². The summed E-state index contributed by atoms with van der Waals surface area (Å²) in [4.78, 5) is 10.2. The second-order valence-corrected chi connectivity index (χ2v) is 7.20. The van der Waals surface area contributed by atoms with Crippen LogP contribution < -0.4 is 0 Å². The second-order valence-electron chi connectivity index (χ2n) is 7.20. The van der Waals surface area contributed by atoms with Crippen molar-refractivity contribution in [3.63, 3.8) is 0 Å². The molecule has 8 heteroatoms. The highest BCUT2D eigenvalue weighted by Gasteiger charge is 2.26. The lowest BCUT2D eigenvalue weighted by atomic mass is 9.94. The largest absolute Gasteiger partial charge is 0.460 e. The van der Waals surface area contributed by atoms with Crippen molar-refractivity contribution < 1.29 is 13.2 Å². The van der Waals surface area contributed by atoms with Gasteiger partial charge in [0.15, 0.2) is 0 Å². The molecule has 0 amide bonds. The highest BCUT2D eigenvalue weighted by molar-refractivity contribution is 5.77. The summed E-state index contributed by atoms with van der Waals surface area (Å²) < 4.78 is 34.1. The molecule has 28 heavy (non-hydrogen) atoms. The minimum atomic E-state index is -2.63. The highest BCUT2D eigenvalue weighted by atomic mass is 19.3. The number of rotatable bonds is 4. The van der Waals surface area contributed by atoms with Crippen molar-refractivity contribution in [3.8, 4) is 0 Å². The van der Waals surface area contributed by atoms with E-state index in [0.717, 1.165) is 48.4 Å². The van der Waals surface area contributed by atoms with Crippen molar-refractivity contribution in [2.45, 2.75) is 31.7 Å². The second kappa shape index (κ2) is 6.94. The number of halogens is 2. The molecule has 1 aliphatic heterocycles. The minimum Gasteiger partial charge on any atom is -0.460 e. The molecule has 3 aromatic heterocycles. The Labute approximate surface area is 159 Å². The molecular formula is C20H19F2N5O. The maximum Gasteiger partial charge on any atom is 0.280 e. The fraction of sp³-hybridized carbons (Fsp3) is 0.350. The predicted molar refractivity (Wildman–Crippen MR) is 99.2 cm³/mol. The first kappa shape index (κ1) is 17.2. The van der Waals surface area contributed by atoms with Gasteiger partial charge in [-0.25, -0.2) is 18.3 Å². The molecule has 0 saturated carbocycles. The number of para-hydroxylation sites is 1. The van der Waals surface area contributed by atoms with Gasteiger partial charge in [-0.15, -0.1) is 0 Å². The zero-order chi connectivity index (χ0) is 19.1. The molecule has 6 nitrogen and oxygen atoms in total. The van der Waals surface area contributed by atoms with E-state index in [0.29, 0.717) is 6.54 Å². The van der Waals surface area contributed by atoms with Crippen molar-refractivity contribution in [1.82, 2.24) is 24.5 Å². The third-order valence-corrected chi connectivity index (χ3v) is 5.30. The number of fused-ring (bicyclic) bond motifs is 2. The molecule has 1 aromatic carbocycles. The summed E-state index contributed by atoms with van der Waals surface area (Å²) in [5.74, 6) is 1.22. The van der Waals surface area contributed by atoms with E-state index in [-0.39, 0.29) is 17.4 Å². The number of alkyl halides is 2. The van der Waals surface area contributed by atoms with E-state index in [9.17, 15) is 8.78 Å². The van der Waals surface area contributed by atoms with Crippen molar-refractivity contribution in [2.24, 2.45) is 0 Å². The molecular weight excluding hydrogens is 364 g/mol. The molecule has 5 rings (SSSR count). The number of benzene rings is 1. The Morgan fingerprint density at radius 1 is 1.21 bits per heavy atom. The Bertz CT molecular complexity index is 1090. The Hall–Kier alpha value is -2.87. The van der Waals surface area contributed by atoms with Gasteiger partial charge in [0.05, 0.1) is 12.2 Å². The predicted octanol–water partition coefficient (Wildman–Crippen LogP) is 4.19. The van der Waals surface area contributed by atoms with Gasteiger partial charge < -0.3 is 4.42 Å². The normalized spacial score (nSPS) is 18.5. The van der Waals surface area contributed by atoms with Gasteiger partial charge in [-0.05, 0) is 37.6 Å². The van der Waals surface area contributed by atoms with Crippen LogP contribution in [0.3, 0.4) is 0 Å². The smallest absolute Gasteiger partial charge is 0.280 e. The Kier molecular flexibility index (Phi) is 4.27. The molecule has 144 valence electrons. The molecule has 0 radical (unpaired) electrons. The monoisotopic (exact) mass is 383 g/mol. The quantitative estimate of drug-likeness (QED) is 0.529. The summed E-state index contributed by atoms with van der Waals surface area (Å²) >= 11 is 0. The molecule has 0 bridgehead atoms. The lowest BCUT2D eigenvalue weighted by Gasteiger charge is -2.32. The highest BCUT2D eigenvalue weighted by Crippen LogP contribution is 2.30. The molecule has 1 aliphatic rings. The summed E-state index contributed by atoms with van der Waals surface area (Å²) in [6.07, 6.45) is 0.623. The third kappa shape index (κ3) is 3.13. The zero-order valence-electron chi connectivity index (χ0n) is 15.1. The number of likely N-dealkylation sites (tertiary alicyclic amines) is 1. The average Bonchev–Trinajstić information content (AvgIpc) is 3.33. The standard InChI is InChI=1S/C20H19F2N5O/c21-19(22)16-9-17(27-20(25-16)23-12-24-27)14-5-3-7-26(10-14)11-15-8-13-4-1-2-6-18(13)28-15/h1-2,4,6,8-9,12,14,19H,3,5,7,10-11H2. The van der Waals surface area contributed by atoms with Crippen LogP contribution in [0.15, 0.2) is 47.1 Å². The molecule has 0 spiro atoms. The summed E-state index contributed by atoms with van der Waals surface area (Å²) in [6, 6.07) is 11.5. The van der Waals surface area contributed by atoms with E-state index in [1.54, 1.807) is 4.52 Å². The Morgan fingerprint density at radius 2 is 2.11 bits per heavy atom.